The van der Waals surface area contributed by atoms with Gasteiger partial charge in [-0.2, -0.15) is 0 Å². The Morgan fingerprint density at radius 1 is 1.05 bits per heavy atom. The molecule has 0 aromatic heterocycles. The summed E-state index contributed by atoms with van der Waals surface area (Å²) in [5.74, 6) is -4.93. The summed E-state index contributed by atoms with van der Waals surface area (Å²) in [5.41, 5.74) is 0. The molecule has 0 amide bonds. The molecule has 1 N–H and O–H groups in total. The lowest BCUT2D eigenvalue weighted by atomic mass is 9.93. The molecule has 0 radical (unpaired) electrons. The van der Waals surface area contributed by atoms with Gasteiger partial charge in [0.15, 0.2) is 12.2 Å². The Labute approximate surface area is 126 Å². The second-order valence-corrected chi connectivity index (χ2v) is 5.00. The Morgan fingerprint density at radius 2 is 1.50 bits per heavy atom. The molecule has 0 unspecified atom stereocenters. The topological polar surface area (TPSA) is 108 Å². The van der Waals surface area contributed by atoms with Gasteiger partial charge in [0.2, 0.25) is 12.0 Å². The molecule has 0 spiro atoms. The van der Waals surface area contributed by atoms with Crippen LogP contribution in [0.3, 0.4) is 0 Å². The van der Waals surface area contributed by atoms with Gasteiger partial charge in [-0.1, -0.05) is 0 Å². The summed E-state index contributed by atoms with van der Waals surface area (Å²) in [4.78, 5) is 33.6. The van der Waals surface area contributed by atoms with Gasteiger partial charge in [-0.05, 0) is 6.92 Å². The van der Waals surface area contributed by atoms with Crippen LogP contribution in [0.15, 0.2) is 0 Å². The summed E-state index contributed by atoms with van der Waals surface area (Å²) < 4.78 is 34.4. The smallest absolute Gasteiger partial charge is 0.303 e. The molecule has 9 heteroatoms. The molecule has 1 saturated heterocycles. The van der Waals surface area contributed by atoms with Crippen molar-refractivity contribution in [3.63, 3.8) is 0 Å². The molecule has 126 valence electrons. The molecule has 0 bridgehead atoms. The van der Waals surface area contributed by atoms with Gasteiger partial charge in [-0.25, -0.2) is 4.39 Å². The van der Waals surface area contributed by atoms with E-state index in [1.54, 1.807) is 0 Å². The third-order valence-electron chi connectivity index (χ3n) is 2.96. The quantitative estimate of drug-likeness (QED) is 0.563. The van der Waals surface area contributed by atoms with Gasteiger partial charge in [0.25, 0.3) is 0 Å². The molecular weight excluding hydrogens is 303 g/mol. The lowest BCUT2D eigenvalue weighted by Gasteiger charge is -2.45. The van der Waals surface area contributed by atoms with Crippen molar-refractivity contribution in [2.24, 2.45) is 0 Å². The number of aliphatic hydroxyl groups excluding tert-OH is 1. The Balaban J connectivity index is 3.21. The molecule has 1 rings (SSSR count). The van der Waals surface area contributed by atoms with E-state index in [4.69, 9.17) is 18.9 Å². The number of hydrogen-bond donors (Lipinski definition) is 1. The van der Waals surface area contributed by atoms with E-state index in [2.05, 4.69) is 0 Å². The monoisotopic (exact) mass is 322 g/mol. The van der Waals surface area contributed by atoms with Gasteiger partial charge < -0.3 is 24.1 Å². The third-order valence-corrected chi connectivity index (χ3v) is 2.96. The predicted octanol–water partition coefficient (Wildman–Crippen LogP) is -0.142. The second kappa shape index (κ2) is 7.01. The Bertz CT molecular complexity index is 449. The average Bonchev–Trinajstić information content (AvgIpc) is 2.35. The zero-order valence-electron chi connectivity index (χ0n) is 12.7. The van der Waals surface area contributed by atoms with Gasteiger partial charge in [0.05, 0.1) is 6.61 Å². The maximum absolute atomic E-state index is 14.6. The number of ether oxygens (including phenoxy) is 4. The van der Waals surface area contributed by atoms with E-state index < -0.39 is 54.8 Å². The number of esters is 3. The van der Waals surface area contributed by atoms with Crippen molar-refractivity contribution >= 4 is 17.9 Å². The minimum atomic E-state index is -2.55. The van der Waals surface area contributed by atoms with Crippen LogP contribution in [0.5, 0.6) is 0 Å². The minimum Gasteiger partial charge on any atom is -0.456 e. The largest absolute Gasteiger partial charge is 0.456 e. The van der Waals surface area contributed by atoms with Crippen molar-refractivity contribution < 1.29 is 42.8 Å². The molecule has 0 saturated carbocycles. The van der Waals surface area contributed by atoms with Crippen molar-refractivity contribution in [2.75, 3.05) is 6.61 Å². The van der Waals surface area contributed by atoms with E-state index in [9.17, 15) is 23.9 Å². The highest BCUT2D eigenvalue weighted by atomic mass is 19.2. The van der Waals surface area contributed by atoms with E-state index in [-0.39, 0.29) is 0 Å². The molecule has 1 heterocycles. The number of rotatable bonds is 4. The third kappa shape index (κ3) is 4.38. The lowest BCUT2D eigenvalue weighted by molar-refractivity contribution is -0.318. The number of carbonyl (C=O) groups excluding carboxylic acids is 3. The molecule has 22 heavy (non-hydrogen) atoms. The fraction of sp³-hybridized carbons (Fsp3) is 0.769. The summed E-state index contributed by atoms with van der Waals surface area (Å²) in [6.45, 7) is 3.46. The summed E-state index contributed by atoms with van der Waals surface area (Å²) in [6, 6.07) is 0. The zero-order chi connectivity index (χ0) is 17.1. The number of aliphatic hydroxyl groups is 1. The first-order chi connectivity index (χ1) is 10.1. The highest BCUT2D eigenvalue weighted by molar-refractivity contribution is 5.68. The number of halogens is 1. The highest BCUT2D eigenvalue weighted by Crippen LogP contribution is 2.36. The maximum Gasteiger partial charge on any atom is 0.303 e. The fourth-order valence-corrected chi connectivity index (χ4v) is 2.25. The summed E-state index contributed by atoms with van der Waals surface area (Å²) in [5, 5.41) is 9.30. The van der Waals surface area contributed by atoms with Gasteiger partial charge in [-0.3, -0.25) is 14.4 Å². The molecule has 0 aromatic carbocycles. The molecule has 0 aromatic rings. The molecular formula is C13H19FO8. The van der Waals surface area contributed by atoms with Crippen LogP contribution in [0.4, 0.5) is 4.39 Å². The van der Waals surface area contributed by atoms with E-state index in [0.29, 0.717) is 0 Å². The number of alkyl halides is 1. The first-order valence-electron chi connectivity index (χ1n) is 6.57. The van der Waals surface area contributed by atoms with Gasteiger partial charge >= 0.3 is 17.9 Å². The summed E-state index contributed by atoms with van der Waals surface area (Å²) in [6.07, 6.45) is -5.71. The zero-order valence-corrected chi connectivity index (χ0v) is 12.7. The van der Waals surface area contributed by atoms with Crippen LogP contribution < -0.4 is 0 Å². The molecule has 0 aliphatic carbocycles. The van der Waals surface area contributed by atoms with Crippen LogP contribution in [0, 0.1) is 0 Å². The van der Waals surface area contributed by atoms with Crippen LogP contribution in [0.2, 0.25) is 0 Å². The predicted molar refractivity (Wildman–Crippen MR) is 68.1 cm³/mol. The maximum atomic E-state index is 14.6. The van der Waals surface area contributed by atoms with Crippen LogP contribution in [-0.2, 0) is 33.3 Å². The van der Waals surface area contributed by atoms with E-state index >= 15 is 0 Å². The highest BCUT2D eigenvalue weighted by Gasteiger charge is 2.58. The average molecular weight is 322 g/mol. The Hall–Kier alpha value is -1.74. The molecule has 5 atom stereocenters. The van der Waals surface area contributed by atoms with Crippen molar-refractivity contribution in [1.29, 1.82) is 0 Å². The van der Waals surface area contributed by atoms with Crippen LogP contribution >= 0.6 is 0 Å². The second-order valence-electron chi connectivity index (χ2n) is 5.00. The summed E-state index contributed by atoms with van der Waals surface area (Å²) >= 11 is 0. The van der Waals surface area contributed by atoms with Gasteiger partial charge in [-0.15, -0.1) is 0 Å². The van der Waals surface area contributed by atoms with Gasteiger partial charge in [0, 0.05) is 20.8 Å². The van der Waals surface area contributed by atoms with Crippen molar-refractivity contribution in [3.05, 3.63) is 0 Å². The van der Waals surface area contributed by atoms with Crippen molar-refractivity contribution in [1.82, 2.24) is 0 Å². The molecule has 8 nitrogen and oxygen atoms in total. The first-order valence-corrected chi connectivity index (χ1v) is 6.57. The SMILES string of the molecule is CC(=O)O[C@H]1[C@H](OC(C)=O)[C@@H](OC(C)=O)[C@](C)(F)O[C@H]1CO. The minimum absolute atomic E-state index is 0.692. The number of carbonyl (C=O) groups is 3. The van der Waals surface area contributed by atoms with Crippen LogP contribution in [0.25, 0.3) is 0 Å². The van der Waals surface area contributed by atoms with Gasteiger partial charge in [0.1, 0.15) is 6.10 Å². The number of hydrogen-bond acceptors (Lipinski definition) is 8. The normalized spacial score (nSPS) is 34.6. The van der Waals surface area contributed by atoms with E-state index in [0.717, 1.165) is 27.7 Å². The molecule has 1 aliphatic heterocycles. The van der Waals surface area contributed by atoms with E-state index in [1.807, 2.05) is 0 Å². The van der Waals surface area contributed by atoms with Crippen molar-refractivity contribution in [3.8, 4) is 0 Å². The van der Waals surface area contributed by atoms with E-state index in [1.165, 1.54) is 0 Å². The molecule has 1 aliphatic rings. The Kier molecular flexibility index (Phi) is 5.84. The first kappa shape index (κ1) is 18.3. The summed E-state index contributed by atoms with van der Waals surface area (Å²) in [7, 11) is 0. The van der Waals surface area contributed by atoms with Crippen LogP contribution in [-0.4, -0.2) is 59.9 Å². The Morgan fingerprint density at radius 3 is 1.91 bits per heavy atom. The fourth-order valence-electron chi connectivity index (χ4n) is 2.25. The van der Waals surface area contributed by atoms with Crippen molar-refractivity contribution in [2.45, 2.75) is 58.0 Å². The van der Waals surface area contributed by atoms with Crippen LogP contribution in [0.1, 0.15) is 27.7 Å². The lowest BCUT2D eigenvalue weighted by Crippen LogP contribution is -2.65. The molecule has 1 fully saturated rings. The standard InChI is InChI=1S/C13H19FO8/c1-6(16)19-10-9(5-15)22-13(4,14)12(21-8(3)18)11(10)20-7(2)17/h9-12,15H,5H2,1-4H3/t9-,10+,11-,12+,13+/m0/s1.